The van der Waals surface area contributed by atoms with Crippen molar-refractivity contribution >= 4 is 0 Å². The number of furan rings is 1. The fourth-order valence-corrected chi connectivity index (χ4v) is 1.21. The number of aliphatic hydroxyl groups is 1. The Morgan fingerprint density at radius 3 is 2.80 bits per heavy atom. The molecule has 15 heavy (non-hydrogen) atoms. The second-order valence-corrected chi connectivity index (χ2v) is 3.49. The van der Waals surface area contributed by atoms with Crippen molar-refractivity contribution in [3.05, 3.63) is 24.2 Å². The van der Waals surface area contributed by atoms with Gasteiger partial charge in [0.1, 0.15) is 11.9 Å². The van der Waals surface area contributed by atoms with Gasteiger partial charge in [-0.2, -0.15) is 0 Å². The highest BCUT2D eigenvalue weighted by Crippen LogP contribution is 2.04. The Bertz CT molecular complexity index is 264. The maximum Gasteiger partial charge on any atom is 0.265 e. The lowest BCUT2D eigenvalue weighted by Gasteiger charge is -2.15. The fraction of sp³-hybridized carbons (Fsp3) is 0.600. The van der Waals surface area contributed by atoms with Crippen LogP contribution in [0.5, 0.6) is 0 Å². The summed E-state index contributed by atoms with van der Waals surface area (Å²) in [5.74, 6) is 0.793. The van der Waals surface area contributed by atoms with Gasteiger partial charge in [-0.15, -0.1) is 0 Å². The van der Waals surface area contributed by atoms with Gasteiger partial charge in [0, 0.05) is 19.0 Å². The van der Waals surface area contributed by atoms with E-state index in [4.69, 9.17) is 9.52 Å². The molecular formula is C10H15F2NO2. The first-order valence-electron chi connectivity index (χ1n) is 4.81. The van der Waals surface area contributed by atoms with Gasteiger partial charge in [0.2, 0.25) is 0 Å². The van der Waals surface area contributed by atoms with Crippen LogP contribution in [0.3, 0.4) is 0 Å². The van der Waals surface area contributed by atoms with Crippen LogP contribution in [0.2, 0.25) is 0 Å². The topological polar surface area (TPSA) is 45.4 Å². The molecule has 1 aromatic heterocycles. The summed E-state index contributed by atoms with van der Waals surface area (Å²) >= 11 is 0. The van der Waals surface area contributed by atoms with Crippen LogP contribution in [0.25, 0.3) is 0 Å². The van der Waals surface area contributed by atoms with Crippen molar-refractivity contribution < 1.29 is 18.3 Å². The van der Waals surface area contributed by atoms with Crippen molar-refractivity contribution in [3.63, 3.8) is 0 Å². The molecule has 2 unspecified atom stereocenters. The van der Waals surface area contributed by atoms with E-state index in [1.54, 1.807) is 12.3 Å². The van der Waals surface area contributed by atoms with Crippen LogP contribution in [-0.2, 0) is 6.42 Å². The van der Waals surface area contributed by atoms with Crippen LogP contribution in [0.1, 0.15) is 12.7 Å². The SMILES string of the molecule is CC(Cc1ccco1)NCC(O)C(F)F. The molecule has 1 heterocycles. The number of alkyl halides is 2. The molecule has 0 saturated carbocycles. The van der Waals surface area contributed by atoms with E-state index in [-0.39, 0.29) is 12.6 Å². The standard InChI is InChI=1S/C10H15F2NO2/c1-7(5-8-3-2-4-15-8)13-6-9(14)10(11)12/h2-4,7,9-10,13-14H,5-6H2,1H3. The van der Waals surface area contributed by atoms with Crippen LogP contribution in [-0.4, -0.2) is 30.2 Å². The molecule has 0 saturated heterocycles. The second-order valence-electron chi connectivity index (χ2n) is 3.49. The highest BCUT2D eigenvalue weighted by atomic mass is 19.3. The van der Waals surface area contributed by atoms with E-state index >= 15 is 0 Å². The Morgan fingerprint density at radius 2 is 2.27 bits per heavy atom. The molecule has 0 amide bonds. The summed E-state index contributed by atoms with van der Waals surface area (Å²) in [4.78, 5) is 0. The molecule has 2 N–H and O–H groups in total. The smallest absolute Gasteiger partial charge is 0.265 e. The van der Waals surface area contributed by atoms with Crippen LogP contribution in [0.15, 0.2) is 22.8 Å². The Labute approximate surface area is 87.1 Å². The summed E-state index contributed by atoms with van der Waals surface area (Å²) in [6.45, 7) is 1.74. The van der Waals surface area contributed by atoms with E-state index in [9.17, 15) is 8.78 Å². The van der Waals surface area contributed by atoms with Gasteiger partial charge < -0.3 is 14.8 Å². The van der Waals surface area contributed by atoms with Gasteiger partial charge in [0.05, 0.1) is 6.26 Å². The lowest BCUT2D eigenvalue weighted by molar-refractivity contribution is -0.00439. The van der Waals surface area contributed by atoms with Gasteiger partial charge >= 0.3 is 0 Å². The molecule has 0 radical (unpaired) electrons. The van der Waals surface area contributed by atoms with E-state index in [2.05, 4.69) is 5.32 Å². The predicted octanol–water partition coefficient (Wildman–Crippen LogP) is 1.43. The third kappa shape index (κ3) is 4.40. The summed E-state index contributed by atoms with van der Waals surface area (Å²) in [5, 5.41) is 11.7. The molecule has 0 bridgehead atoms. The molecule has 2 atom stereocenters. The first-order valence-corrected chi connectivity index (χ1v) is 4.81. The quantitative estimate of drug-likeness (QED) is 0.760. The Hall–Kier alpha value is -0.940. The van der Waals surface area contributed by atoms with Gasteiger partial charge in [-0.3, -0.25) is 0 Å². The van der Waals surface area contributed by atoms with Crippen molar-refractivity contribution in [2.75, 3.05) is 6.54 Å². The maximum absolute atomic E-state index is 11.9. The summed E-state index contributed by atoms with van der Waals surface area (Å²) in [6, 6.07) is 3.59. The molecule has 0 aromatic carbocycles. The molecule has 0 spiro atoms. The largest absolute Gasteiger partial charge is 0.469 e. The third-order valence-electron chi connectivity index (χ3n) is 2.05. The number of aliphatic hydroxyl groups excluding tert-OH is 1. The average molecular weight is 219 g/mol. The Kier molecular flexibility index (Phi) is 4.71. The van der Waals surface area contributed by atoms with Crippen LogP contribution < -0.4 is 5.32 Å². The molecule has 0 aliphatic carbocycles. The molecule has 1 aromatic rings. The summed E-state index contributed by atoms with van der Waals surface area (Å²) in [7, 11) is 0. The summed E-state index contributed by atoms with van der Waals surface area (Å²) in [5.41, 5.74) is 0. The van der Waals surface area contributed by atoms with Crippen molar-refractivity contribution in [2.45, 2.75) is 31.9 Å². The molecule has 5 heteroatoms. The number of hydrogen-bond donors (Lipinski definition) is 2. The van der Waals surface area contributed by atoms with Crippen molar-refractivity contribution in [1.29, 1.82) is 0 Å². The monoisotopic (exact) mass is 219 g/mol. The number of halogens is 2. The predicted molar refractivity (Wildman–Crippen MR) is 51.9 cm³/mol. The first-order chi connectivity index (χ1) is 7.09. The normalized spacial score (nSPS) is 15.5. The molecule has 3 nitrogen and oxygen atoms in total. The number of nitrogens with one attached hydrogen (secondary N) is 1. The lowest BCUT2D eigenvalue weighted by Crippen LogP contribution is -2.38. The summed E-state index contributed by atoms with van der Waals surface area (Å²) in [6.07, 6.45) is -2.13. The van der Waals surface area contributed by atoms with Gasteiger partial charge in [0.25, 0.3) is 6.43 Å². The zero-order valence-electron chi connectivity index (χ0n) is 8.49. The van der Waals surface area contributed by atoms with Crippen LogP contribution >= 0.6 is 0 Å². The van der Waals surface area contributed by atoms with Gasteiger partial charge in [-0.25, -0.2) is 8.78 Å². The molecular weight excluding hydrogens is 204 g/mol. The zero-order chi connectivity index (χ0) is 11.3. The Morgan fingerprint density at radius 1 is 1.53 bits per heavy atom. The summed E-state index contributed by atoms with van der Waals surface area (Å²) < 4.78 is 29.0. The van der Waals surface area contributed by atoms with Gasteiger partial charge in [0.15, 0.2) is 0 Å². The number of hydrogen-bond acceptors (Lipinski definition) is 3. The van der Waals surface area contributed by atoms with Crippen molar-refractivity contribution in [3.8, 4) is 0 Å². The van der Waals surface area contributed by atoms with Gasteiger partial charge in [-0.05, 0) is 19.1 Å². The van der Waals surface area contributed by atoms with Gasteiger partial charge in [-0.1, -0.05) is 0 Å². The van der Waals surface area contributed by atoms with Crippen molar-refractivity contribution in [1.82, 2.24) is 5.32 Å². The average Bonchev–Trinajstić information content (AvgIpc) is 2.66. The minimum Gasteiger partial charge on any atom is -0.469 e. The van der Waals surface area contributed by atoms with E-state index in [1.165, 1.54) is 0 Å². The number of rotatable bonds is 6. The second kappa shape index (κ2) is 5.82. The maximum atomic E-state index is 11.9. The molecule has 86 valence electrons. The van der Waals surface area contributed by atoms with Crippen molar-refractivity contribution in [2.24, 2.45) is 0 Å². The first kappa shape index (κ1) is 12.1. The molecule has 0 aliphatic rings. The van der Waals surface area contributed by atoms with E-state index < -0.39 is 12.5 Å². The van der Waals surface area contributed by atoms with E-state index in [1.807, 2.05) is 13.0 Å². The van der Waals surface area contributed by atoms with E-state index in [0.717, 1.165) is 5.76 Å². The zero-order valence-corrected chi connectivity index (χ0v) is 8.49. The highest BCUT2D eigenvalue weighted by molar-refractivity contribution is 4.99. The Balaban J connectivity index is 2.22. The minimum atomic E-state index is -2.70. The molecule has 1 rings (SSSR count). The van der Waals surface area contributed by atoms with E-state index in [0.29, 0.717) is 6.42 Å². The highest BCUT2D eigenvalue weighted by Gasteiger charge is 2.17. The fourth-order valence-electron chi connectivity index (χ4n) is 1.21. The third-order valence-corrected chi connectivity index (χ3v) is 2.05. The lowest BCUT2D eigenvalue weighted by atomic mass is 10.2. The molecule has 0 aliphatic heterocycles. The van der Waals surface area contributed by atoms with Crippen LogP contribution in [0, 0.1) is 0 Å². The minimum absolute atomic E-state index is 0.00968. The molecule has 0 fully saturated rings. The van der Waals surface area contributed by atoms with Crippen LogP contribution in [0.4, 0.5) is 8.78 Å².